The van der Waals surface area contributed by atoms with E-state index in [-0.39, 0.29) is 5.41 Å². The highest BCUT2D eigenvalue weighted by atomic mass is 35.5. The molecule has 1 aliphatic carbocycles. The zero-order chi connectivity index (χ0) is 9.73. The second-order valence-corrected chi connectivity index (χ2v) is 3.30. The normalized spacial score (nSPS) is 26.8. The average Bonchev–Trinajstić information content (AvgIpc) is 2.16. The standard InChI is InChI=1S/C10H11ClO2/c11-8-10(7-4-9(12)13)5-2-1-3-6-10/h1-5,7H,6,8H2,(H,12,13). The molecule has 0 spiro atoms. The van der Waals surface area contributed by atoms with E-state index in [4.69, 9.17) is 16.7 Å². The summed E-state index contributed by atoms with van der Waals surface area (Å²) < 4.78 is 0. The molecule has 1 atom stereocenters. The lowest BCUT2D eigenvalue weighted by Gasteiger charge is -2.24. The number of carboxylic acids is 1. The molecule has 0 aromatic carbocycles. The van der Waals surface area contributed by atoms with Crippen LogP contribution in [-0.2, 0) is 4.79 Å². The summed E-state index contributed by atoms with van der Waals surface area (Å²) in [6.07, 6.45) is 11.3. The van der Waals surface area contributed by atoms with Gasteiger partial charge in [-0.1, -0.05) is 30.4 Å². The first-order valence-electron chi connectivity index (χ1n) is 4.01. The maximum atomic E-state index is 10.3. The van der Waals surface area contributed by atoms with Crippen LogP contribution in [0.2, 0.25) is 0 Å². The van der Waals surface area contributed by atoms with Crippen LogP contribution in [0.25, 0.3) is 0 Å². The van der Waals surface area contributed by atoms with Crippen LogP contribution in [0, 0.1) is 5.41 Å². The van der Waals surface area contributed by atoms with Crippen LogP contribution in [0.4, 0.5) is 0 Å². The van der Waals surface area contributed by atoms with Gasteiger partial charge in [-0.3, -0.25) is 0 Å². The van der Waals surface area contributed by atoms with Gasteiger partial charge in [-0.25, -0.2) is 4.79 Å². The Labute approximate surface area is 82.2 Å². The molecule has 0 saturated heterocycles. The zero-order valence-electron chi connectivity index (χ0n) is 7.11. The van der Waals surface area contributed by atoms with Gasteiger partial charge in [0, 0.05) is 17.4 Å². The predicted molar refractivity (Wildman–Crippen MR) is 52.8 cm³/mol. The molecule has 1 unspecified atom stereocenters. The topological polar surface area (TPSA) is 37.3 Å². The van der Waals surface area contributed by atoms with Gasteiger partial charge in [0.15, 0.2) is 0 Å². The molecule has 0 aromatic rings. The largest absolute Gasteiger partial charge is 0.478 e. The van der Waals surface area contributed by atoms with Gasteiger partial charge >= 0.3 is 5.97 Å². The van der Waals surface area contributed by atoms with Gasteiger partial charge < -0.3 is 5.11 Å². The molecule has 2 nitrogen and oxygen atoms in total. The Morgan fingerprint density at radius 2 is 2.38 bits per heavy atom. The summed E-state index contributed by atoms with van der Waals surface area (Å²) in [5.41, 5.74) is -0.311. The van der Waals surface area contributed by atoms with Gasteiger partial charge in [-0.2, -0.15) is 0 Å². The molecule has 0 amide bonds. The van der Waals surface area contributed by atoms with Crippen molar-refractivity contribution in [2.24, 2.45) is 5.41 Å². The monoisotopic (exact) mass is 198 g/mol. The van der Waals surface area contributed by atoms with Gasteiger partial charge in [0.25, 0.3) is 0 Å². The van der Waals surface area contributed by atoms with Gasteiger partial charge in [-0.05, 0) is 6.42 Å². The van der Waals surface area contributed by atoms with Crippen LogP contribution in [-0.4, -0.2) is 17.0 Å². The maximum Gasteiger partial charge on any atom is 0.328 e. The molecule has 0 fully saturated rings. The van der Waals surface area contributed by atoms with Crippen LogP contribution < -0.4 is 0 Å². The number of alkyl halides is 1. The van der Waals surface area contributed by atoms with E-state index in [1.54, 1.807) is 6.08 Å². The van der Waals surface area contributed by atoms with Crippen LogP contribution in [0.15, 0.2) is 36.5 Å². The summed E-state index contributed by atoms with van der Waals surface area (Å²) in [4.78, 5) is 10.3. The third kappa shape index (κ3) is 2.74. The number of hydrogen-bond donors (Lipinski definition) is 1. The molecule has 1 rings (SSSR count). The van der Waals surface area contributed by atoms with Crippen LogP contribution in [0.3, 0.4) is 0 Å². The van der Waals surface area contributed by atoms with Crippen LogP contribution in [0.5, 0.6) is 0 Å². The molecule has 0 heterocycles. The molecular weight excluding hydrogens is 188 g/mol. The number of hydrogen-bond acceptors (Lipinski definition) is 1. The van der Waals surface area contributed by atoms with Gasteiger partial charge in [0.05, 0.1) is 0 Å². The summed E-state index contributed by atoms with van der Waals surface area (Å²) in [7, 11) is 0. The third-order valence-corrected chi connectivity index (χ3v) is 2.48. The number of carbonyl (C=O) groups is 1. The van der Waals surface area contributed by atoms with E-state index < -0.39 is 5.97 Å². The van der Waals surface area contributed by atoms with E-state index in [0.29, 0.717) is 5.88 Å². The molecule has 0 bridgehead atoms. The second kappa shape index (κ2) is 4.28. The number of halogens is 1. The summed E-state index contributed by atoms with van der Waals surface area (Å²) in [6.45, 7) is 0. The highest BCUT2D eigenvalue weighted by Gasteiger charge is 2.22. The summed E-state index contributed by atoms with van der Waals surface area (Å²) in [5.74, 6) is -0.537. The zero-order valence-corrected chi connectivity index (χ0v) is 7.87. The molecule has 0 saturated carbocycles. The molecule has 0 radical (unpaired) electrons. The molecule has 13 heavy (non-hydrogen) atoms. The van der Waals surface area contributed by atoms with E-state index in [0.717, 1.165) is 12.5 Å². The Bertz CT molecular complexity index is 279. The van der Waals surface area contributed by atoms with Crippen molar-refractivity contribution < 1.29 is 9.90 Å². The van der Waals surface area contributed by atoms with Gasteiger partial charge in [0.2, 0.25) is 0 Å². The van der Waals surface area contributed by atoms with Crippen molar-refractivity contribution in [3.8, 4) is 0 Å². The van der Waals surface area contributed by atoms with E-state index in [1.165, 1.54) is 0 Å². The second-order valence-electron chi connectivity index (χ2n) is 3.03. The minimum absolute atomic E-state index is 0.311. The summed E-state index contributed by atoms with van der Waals surface area (Å²) >= 11 is 5.79. The van der Waals surface area contributed by atoms with Crippen molar-refractivity contribution in [3.05, 3.63) is 36.5 Å². The maximum absolute atomic E-state index is 10.3. The van der Waals surface area contributed by atoms with Gasteiger partial charge in [0.1, 0.15) is 0 Å². The first-order chi connectivity index (χ1) is 6.18. The summed E-state index contributed by atoms with van der Waals surface area (Å²) in [6, 6.07) is 0. The predicted octanol–water partition coefficient (Wildman–Crippen LogP) is 2.37. The number of carboxylic acid groups (broad SMARTS) is 1. The smallest absolute Gasteiger partial charge is 0.328 e. The Balaban J connectivity index is 2.76. The minimum Gasteiger partial charge on any atom is -0.478 e. The van der Waals surface area contributed by atoms with E-state index in [2.05, 4.69) is 0 Å². The Kier molecular flexibility index (Phi) is 3.32. The fourth-order valence-corrected chi connectivity index (χ4v) is 1.47. The Morgan fingerprint density at radius 3 is 2.85 bits per heavy atom. The molecule has 3 heteroatoms. The molecule has 1 aliphatic rings. The minimum atomic E-state index is -0.938. The van der Waals surface area contributed by atoms with Crippen molar-refractivity contribution in [2.75, 3.05) is 5.88 Å². The van der Waals surface area contributed by atoms with E-state index in [1.807, 2.05) is 24.3 Å². The number of rotatable bonds is 3. The van der Waals surface area contributed by atoms with Crippen molar-refractivity contribution in [1.29, 1.82) is 0 Å². The van der Waals surface area contributed by atoms with Crippen LogP contribution >= 0.6 is 11.6 Å². The van der Waals surface area contributed by atoms with Crippen molar-refractivity contribution in [1.82, 2.24) is 0 Å². The highest BCUT2D eigenvalue weighted by Crippen LogP contribution is 2.30. The SMILES string of the molecule is O=C(O)C=CC1(CCl)C=CC=CC1. The van der Waals surface area contributed by atoms with Crippen molar-refractivity contribution >= 4 is 17.6 Å². The highest BCUT2D eigenvalue weighted by molar-refractivity contribution is 6.18. The first-order valence-corrected chi connectivity index (χ1v) is 4.54. The molecular formula is C10H11ClO2. The third-order valence-electron chi connectivity index (χ3n) is 1.98. The average molecular weight is 199 g/mol. The van der Waals surface area contributed by atoms with Gasteiger partial charge in [-0.15, -0.1) is 11.6 Å². The van der Waals surface area contributed by atoms with E-state index in [9.17, 15) is 4.79 Å². The number of allylic oxidation sites excluding steroid dienone is 5. The molecule has 0 aromatic heterocycles. The number of aliphatic carboxylic acids is 1. The molecule has 0 aliphatic heterocycles. The quantitative estimate of drug-likeness (QED) is 0.559. The lowest BCUT2D eigenvalue weighted by atomic mass is 9.83. The molecule has 1 N–H and O–H groups in total. The summed E-state index contributed by atoms with van der Waals surface area (Å²) in [5, 5.41) is 8.48. The lowest BCUT2D eigenvalue weighted by Crippen LogP contribution is -2.18. The Morgan fingerprint density at radius 1 is 1.62 bits per heavy atom. The fourth-order valence-electron chi connectivity index (χ4n) is 1.19. The lowest BCUT2D eigenvalue weighted by molar-refractivity contribution is -0.131. The van der Waals surface area contributed by atoms with Crippen LogP contribution in [0.1, 0.15) is 6.42 Å². The van der Waals surface area contributed by atoms with E-state index >= 15 is 0 Å². The molecule has 70 valence electrons. The van der Waals surface area contributed by atoms with Crippen molar-refractivity contribution in [2.45, 2.75) is 6.42 Å². The Hall–Kier alpha value is -1.02. The first kappa shape index (κ1) is 10.1. The fraction of sp³-hybridized carbons (Fsp3) is 0.300. The van der Waals surface area contributed by atoms with Crippen molar-refractivity contribution in [3.63, 3.8) is 0 Å².